The Bertz CT molecular complexity index is 512. The number of alkyl halides is 3. The Kier molecular flexibility index (Phi) is 5.32. The van der Waals surface area contributed by atoms with Gasteiger partial charge in [0.2, 0.25) is 0 Å². The van der Waals surface area contributed by atoms with E-state index >= 15 is 0 Å². The quantitative estimate of drug-likeness (QED) is 0.703. The molecule has 0 saturated carbocycles. The van der Waals surface area contributed by atoms with Crippen molar-refractivity contribution in [3.8, 4) is 0 Å². The molecule has 4 heteroatoms. The largest absolute Gasteiger partial charge is 0.416 e. The summed E-state index contributed by atoms with van der Waals surface area (Å²) in [6.07, 6.45) is 5.10. The molecule has 22 heavy (non-hydrogen) atoms. The number of allylic oxidation sites excluding steroid dienone is 2. The van der Waals surface area contributed by atoms with Crippen LogP contribution in [0.15, 0.2) is 35.9 Å². The highest BCUT2D eigenvalue weighted by molar-refractivity contribution is 5.28. The molecule has 0 fully saturated rings. The first-order valence-electron chi connectivity index (χ1n) is 7.87. The third kappa shape index (κ3) is 4.60. The minimum atomic E-state index is -4.34. The average Bonchev–Trinajstić information content (AvgIpc) is 2.47. The normalized spacial score (nSPS) is 18.7. The fourth-order valence-corrected chi connectivity index (χ4v) is 2.95. The summed E-state index contributed by atoms with van der Waals surface area (Å²) in [6.45, 7) is 1.67. The smallest absolute Gasteiger partial charge is 0.385 e. The fourth-order valence-electron chi connectivity index (χ4n) is 2.95. The third-order valence-electron chi connectivity index (χ3n) is 4.38. The van der Waals surface area contributed by atoms with Crippen molar-refractivity contribution >= 4 is 0 Å². The SMILES string of the molecule is CC(O)(CCCC1=CCCCC1)c1ccc(C(F)(F)F)cc1. The molecule has 0 heterocycles. The molecule has 0 amide bonds. The molecule has 1 atom stereocenters. The highest BCUT2D eigenvalue weighted by Crippen LogP contribution is 2.33. The van der Waals surface area contributed by atoms with Gasteiger partial charge < -0.3 is 5.11 Å². The van der Waals surface area contributed by atoms with Crippen molar-refractivity contribution in [1.82, 2.24) is 0 Å². The second-order valence-corrected chi connectivity index (χ2v) is 6.31. The van der Waals surface area contributed by atoms with Gasteiger partial charge in [-0.15, -0.1) is 0 Å². The molecule has 1 unspecified atom stereocenters. The summed E-state index contributed by atoms with van der Waals surface area (Å²) in [5.74, 6) is 0. The van der Waals surface area contributed by atoms with Crippen molar-refractivity contribution in [1.29, 1.82) is 0 Å². The van der Waals surface area contributed by atoms with Crippen molar-refractivity contribution in [3.05, 3.63) is 47.0 Å². The first-order chi connectivity index (χ1) is 10.3. The number of halogens is 3. The highest BCUT2D eigenvalue weighted by atomic mass is 19.4. The summed E-state index contributed by atoms with van der Waals surface area (Å²) in [7, 11) is 0. The van der Waals surface area contributed by atoms with E-state index < -0.39 is 17.3 Å². The van der Waals surface area contributed by atoms with Gasteiger partial charge in [0, 0.05) is 0 Å². The predicted octanol–water partition coefficient (Wildman–Crippen LogP) is 5.58. The van der Waals surface area contributed by atoms with E-state index in [0.717, 1.165) is 37.8 Å². The van der Waals surface area contributed by atoms with E-state index in [9.17, 15) is 18.3 Å². The van der Waals surface area contributed by atoms with Gasteiger partial charge >= 0.3 is 6.18 Å². The van der Waals surface area contributed by atoms with Gasteiger partial charge in [0.1, 0.15) is 0 Å². The molecule has 0 aromatic heterocycles. The Balaban J connectivity index is 1.93. The van der Waals surface area contributed by atoms with E-state index in [-0.39, 0.29) is 0 Å². The summed E-state index contributed by atoms with van der Waals surface area (Å²) in [5.41, 5.74) is 0.228. The monoisotopic (exact) mass is 312 g/mol. The molecular weight excluding hydrogens is 289 g/mol. The molecule has 0 bridgehead atoms. The molecule has 1 N–H and O–H groups in total. The first kappa shape index (κ1) is 17.1. The molecule has 0 saturated heterocycles. The lowest BCUT2D eigenvalue weighted by Crippen LogP contribution is -2.21. The van der Waals surface area contributed by atoms with Crippen LogP contribution in [0.5, 0.6) is 0 Å². The van der Waals surface area contributed by atoms with Gasteiger partial charge in [-0.1, -0.05) is 23.8 Å². The van der Waals surface area contributed by atoms with E-state index in [1.165, 1.54) is 30.5 Å². The fraction of sp³-hybridized carbons (Fsp3) is 0.556. The lowest BCUT2D eigenvalue weighted by Gasteiger charge is -2.25. The second-order valence-electron chi connectivity index (χ2n) is 6.31. The second kappa shape index (κ2) is 6.86. The van der Waals surface area contributed by atoms with Gasteiger partial charge in [0.05, 0.1) is 11.2 Å². The number of aliphatic hydroxyl groups is 1. The van der Waals surface area contributed by atoms with Gasteiger partial charge in [-0.25, -0.2) is 0 Å². The van der Waals surface area contributed by atoms with Crippen molar-refractivity contribution in [2.75, 3.05) is 0 Å². The summed E-state index contributed by atoms with van der Waals surface area (Å²) in [6, 6.07) is 4.83. The Hall–Kier alpha value is -1.29. The van der Waals surface area contributed by atoms with Gasteiger partial charge in [0.15, 0.2) is 0 Å². The molecule has 1 aromatic carbocycles. The number of hydrogen-bond acceptors (Lipinski definition) is 1. The molecule has 1 aromatic rings. The third-order valence-corrected chi connectivity index (χ3v) is 4.38. The zero-order valence-electron chi connectivity index (χ0n) is 12.9. The maximum Gasteiger partial charge on any atom is 0.416 e. The molecule has 2 rings (SSSR count). The first-order valence-corrected chi connectivity index (χ1v) is 7.87. The molecule has 0 radical (unpaired) electrons. The van der Waals surface area contributed by atoms with Crippen molar-refractivity contribution in [2.24, 2.45) is 0 Å². The van der Waals surface area contributed by atoms with E-state index in [4.69, 9.17) is 0 Å². The minimum absolute atomic E-state index is 0.540. The highest BCUT2D eigenvalue weighted by Gasteiger charge is 2.31. The average molecular weight is 312 g/mol. The van der Waals surface area contributed by atoms with Gasteiger partial charge in [-0.2, -0.15) is 13.2 Å². The van der Waals surface area contributed by atoms with Crippen LogP contribution in [0.1, 0.15) is 63.0 Å². The molecule has 122 valence electrons. The topological polar surface area (TPSA) is 20.2 Å². The van der Waals surface area contributed by atoms with Gasteiger partial charge in [-0.05, 0) is 69.6 Å². The minimum Gasteiger partial charge on any atom is -0.385 e. The van der Waals surface area contributed by atoms with Crippen LogP contribution in [-0.2, 0) is 11.8 Å². The number of benzene rings is 1. The standard InChI is InChI=1S/C18H23F3O/c1-17(22,13-5-8-14-6-3-2-4-7-14)15-9-11-16(12-10-15)18(19,20)21/h6,9-12,22H,2-5,7-8,13H2,1H3. The Labute approximate surface area is 129 Å². The van der Waals surface area contributed by atoms with Crippen LogP contribution in [0, 0.1) is 0 Å². The molecular formula is C18H23F3O. The molecule has 0 aliphatic heterocycles. The van der Waals surface area contributed by atoms with Gasteiger partial charge in [-0.3, -0.25) is 0 Å². The molecule has 0 spiro atoms. The van der Waals surface area contributed by atoms with Crippen LogP contribution in [0.25, 0.3) is 0 Å². The summed E-state index contributed by atoms with van der Waals surface area (Å²) >= 11 is 0. The van der Waals surface area contributed by atoms with Crippen LogP contribution in [0.4, 0.5) is 13.2 Å². The van der Waals surface area contributed by atoms with E-state index in [2.05, 4.69) is 6.08 Å². The Morgan fingerprint density at radius 3 is 2.23 bits per heavy atom. The molecule has 1 nitrogen and oxygen atoms in total. The predicted molar refractivity (Wildman–Crippen MR) is 81.4 cm³/mol. The summed E-state index contributed by atoms with van der Waals surface area (Å²) in [4.78, 5) is 0. The van der Waals surface area contributed by atoms with Crippen molar-refractivity contribution in [2.45, 2.75) is 63.6 Å². The van der Waals surface area contributed by atoms with Crippen LogP contribution < -0.4 is 0 Å². The van der Waals surface area contributed by atoms with E-state index in [1.54, 1.807) is 6.92 Å². The maximum absolute atomic E-state index is 12.6. The lowest BCUT2D eigenvalue weighted by molar-refractivity contribution is -0.137. The molecule has 1 aliphatic carbocycles. The Morgan fingerprint density at radius 1 is 1.05 bits per heavy atom. The summed E-state index contributed by atoms with van der Waals surface area (Å²) < 4.78 is 37.7. The van der Waals surface area contributed by atoms with E-state index in [0.29, 0.717) is 12.0 Å². The van der Waals surface area contributed by atoms with Crippen LogP contribution in [-0.4, -0.2) is 5.11 Å². The zero-order chi connectivity index (χ0) is 16.2. The Morgan fingerprint density at radius 2 is 1.68 bits per heavy atom. The van der Waals surface area contributed by atoms with Crippen LogP contribution >= 0.6 is 0 Å². The number of hydrogen-bond donors (Lipinski definition) is 1. The lowest BCUT2D eigenvalue weighted by atomic mass is 9.87. The van der Waals surface area contributed by atoms with Gasteiger partial charge in [0.25, 0.3) is 0 Å². The maximum atomic E-state index is 12.6. The van der Waals surface area contributed by atoms with Crippen molar-refractivity contribution < 1.29 is 18.3 Å². The van der Waals surface area contributed by atoms with Crippen molar-refractivity contribution in [3.63, 3.8) is 0 Å². The van der Waals surface area contributed by atoms with Crippen LogP contribution in [0.3, 0.4) is 0 Å². The van der Waals surface area contributed by atoms with E-state index in [1.807, 2.05) is 0 Å². The van der Waals surface area contributed by atoms with Crippen LogP contribution in [0.2, 0.25) is 0 Å². The summed E-state index contributed by atoms with van der Waals surface area (Å²) in [5, 5.41) is 10.5. The zero-order valence-corrected chi connectivity index (χ0v) is 12.9. The number of rotatable bonds is 5. The molecule has 1 aliphatic rings.